The van der Waals surface area contributed by atoms with Crippen molar-refractivity contribution in [3.63, 3.8) is 0 Å². The van der Waals surface area contributed by atoms with Crippen LogP contribution in [-0.4, -0.2) is 47.4 Å². The second-order valence-electron chi connectivity index (χ2n) is 9.06. The van der Waals surface area contributed by atoms with Crippen LogP contribution in [0.15, 0.2) is 18.2 Å². The molecule has 0 radical (unpaired) electrons. The van der Waals surface area contributed by atoms with Crippen LogP contribution >= 0.6 is 11.6 Å². The smallest absolute Gasteiger partial charge is 0.251 e. The number of piperidine rings is 1. The van der Waals surface area contributed by atoms with Gasteiger partial charge in [-0.1, -0.05) is 11.6 Å². The van der Waals surface area contributed by atoms with E-state index in [2.05, 4.69) is 15.5 Å². The first-order valence-electron chi connectivity index (χ1n) is 9.92. The van der Waals surface area contributed by atoms with Crippen molar-refractivity contribution in [3.05, 3.63) is 34.6 Å². The molecule has 2 saturated heterocycles. The Labute approximate surface area is 171 Å². The maximum Gasteiger partial charge on any atom is 0.251 e. The molecule has 1 aromatic carbocycles. The van der Waals surface area contributed by atoms with Gasteiger partial charge in [0, 0.05) is 34.8 Å². The van der Waals surface area contributed by atoms with E-state index < -0.39 is 5.82 Å². The summed E-state index contributed by atoms with van der Waals surface area (Å²) >= 11 is 5.83. The van der Waals surface area contributed by atoms with Gasteiger partial charge >= 0.3 is 0 Å². The standard InChI is InChI=1S/C21H29ClFN3O2/c1-21(2,3)25-19(27)12-26-17-4-5-18(26)7-13(6-17)11-24-20(28)14-8-15(22)10-16(23)9-14/h8-10,13,17-18H,4-7,11-12H2,1-3H3,(H,24,28)(H,25,27)/t13-,17+,18-. The lowest BCUT2D eigenvalue weighted by atomic mass is 9.90. The summed E-state index contributed by atoms with van der Waals surface area (Å²) in [5, 5.41) is 6.16. The minimum atomic E-state index is -0.516. The predicted octanol–water partition coefficient (Wildman–Crippen LogP) is 3.37. The summed E-state index contributed by atoms with van der Waals surface area (Å²) in [4.78, 5) is 26.9. The number of halogens is 2. The van der Waals surface area contributed by atoms with Gasteiger partial charge in [0.1, 0.15) is 5.82 Å². The molecule has 2 bridgehead atoms. The summed E-state index contributed by atoms with van der Waals surface area (Å²) in [7, 11) is 0. The number of carbonyl (C=O) groups excluding carboxylic acids is 2. The third-order valence-electron chi connectivity index (χ3n) is 5.50. The molecule has 3 atom stereocenters. The molecule has 0 spiro atoms. The normalized spacial score (nSPS) is 24.8. The lowest BCUT2D eigenvalue weighted by molar-refractivity contribution is -0.125. The molecule has 0 unspecified atom stereocenters. The highest BCUT2D eigenvalue weighted by molar-refractivity contribution is 6.31. The summed E-state index contributed by atoms with van der Waals surface area (Å²) in [6, 6.07) is 4.62. The van der Waals surface area contributed by atoms with Crippen LogP contribution < -0.4 is 10.6 Å². The van der Waals surface area contributed by atoms with E-state index in [0.717, 1.165) is 25.7 Å². The van der Waals surface area contributed by atoms with Gasteiger partial charge in [-0.3, -0.25) is 14.5 Å². The molecular formula is C21H29ClFN3O2. The van der Waals surface area contributed by atoms with Crippen molar-refractivity contribution in [2.75, 3.05) is 13.1 Å². The lowest BCUT2D eigenvalue weighted by Gasteiger charge is -2.39. The average molecular weight is 410 g/mol. The van der Waals surface area contributed by atoms with Crippen LogP contribution in [0.2, 0.25) is 5.02 Å². The topological polar surface area (TPSA) is 61.4 Å². The fourth-order valence-electron chi connectivity index (χ4n) is 4.46. The molecule has 2 amide bonds. The first kappa shape index (κ1) is 21.1. The van der Waals surface area contributed by atoms with Crippen molar-refractivity contribution < 1.29 is 14.0 Å². The molecule has 7 heteroatoms. The van der Waals surface area contributed by atoms with Crippen LogP contribution in [-0.2, 0) is 4.79 Å². The van der Waals surface area contributed by atoms with Gasteiger partial charge in [-0.05, 0) is 70.6 Å². The number of nitrogens with zero attached hydrogens (tertiary/aromatic N) is 1. The summed E-state index contributed by atoms with van der Waals surface area (Å²) in [5.41, 5.74) is 0.0164. The van der Waals surface area contributed by atoms with Crippen LogP contribution in [0, 0.1) is 11.7 Å². The van der Waals surface area contributed by atoms with Crippen molar-refractivity contribution in [2.24, 2.45) is 5.92 Å². The molecule has 0 aliphatic carbocycles. The average Bonchev–Trinajstić information content (AvgIpc) is 2.79. The van der Waals surface area contributed by atoms with Crippen molar-refractivity contribution in [2.45, 2.75) is 64.1 Å². The van der Waals surface area contributed by atoms with Crippen molar-refractivity contribution in [1.82, 2.24) is 15.5 Å². The second-order valence-corrected chi connectivity index (χ2v) is 9.50. The van der Waals surface area contributed by atoms with Crippen LogP contribution in [0.5, 0.6) is 0 Å². The molecule has 2 aliphatic heterocycles. The van der Waals surface area contributed by atoms with E-state index in [1.165, 1.54) is 18.2 Å². The maximum absolute atomic E-state index is 13.4. The largest absolute Gasteiger partial charge is 0.352 e. The van der Waals surface area contributed by atoms with Gasteiger partial charge in [-0.15, -0.1) is 0 Å². The van der Waals surface area contributed by atoms with Gasteiger partial charge in [-0.25, -0.2) is 4.39 Å². The van der Waals surface area contributed by atoms with Gasteiger partial charge in [0.15, 0.2) is 0 Å². The zero-order valence-corrected chi connectivity index (χ0v) is 17.5. The highest BCUT2D eigenvalue weighted by Gasteiger charge is 2.41. The molecule has 0 aromatic heterocycles. The monoisotopic (exact) mass is 409 g/mol. The molecule has 5 nitrogen and oxygen atoms in total. The molecule has 3 rings (SSSR count). The third-order valence-corrected chi connectivity index (χ3v) is 5.72. The first-order chi connectivity index (χ1) is 13.1. The SMILES string of the molecule is CC(C)(C)NC(=O)CN1[C@@H]2CC[C@H]1C[C@@H](CNC(=O)c1cc(F)cc(Cl)c1)C2. The maximum atomic E-state index is 13.4. The Hall–Kier alpha value is -1.66. The Morgan fingerprint density at radius 1 is 1.18 bits per heavy atom. The molecule has 2 heterocycles. The third kappa shape index (κ3) is 5.45. The zero-order chi connectivity index (χ0) is 20.5. The van der Waals surface area contributed by atoms with Gasteiger partial charge in [0.2, 0.25) is 5.91 Å². The quantitative estimate of drug-likeness (QED) is 0.783. The molecule has 2 aliphatic rings. The fraction of sp³-hybridized carbons (Fsp3) is 0.619. The Morgan fingerprint density at radius 2 is 1.82 bits per heavy atom. The van der Waals surface area contributed by atoms with Gasteiger partial charge < -0.3 is 10.6 Å². The van der Waals surface area contributed by atoms with Crippen LogP contribution in [0.25, 0.3) is 0 Å². The number of hydrogen-bond donors (Lipinski definition) is 2. The molecule has 28 heavy (non-hydrogen) atoms. The first-order valence-corrected chi connectivity index (χ1v) is 10.3. The minimum Gasteiger partial charge on any atom is -0.352 e. The Morgan fingerprint density at radius 3 is 2.39 bits per heavy atom. The zero-order valence-electron chi connectivity index (χ0n) is 16.7. The van der Waals surface area contributed by atoms with E-state index in [-0.39, 0.29) is 27.9 Å². The molecule has 1 aromatic rings. The van der Waals surface area contributed by atoms with Gasteiger partial charge in [0.25, 0.3) is 5.91 Å². The Balaban J connectivity index is 1.51. The number of amides is 2. The van der Waals surface area contributed by atoms with E-state index in [4.69, 9.17) is 11.6 Å². The molecular weight excluding hydrogens is 381 g/mol. The minimum absolute atomic E-state index is 0.0686. The number of nitrogens with one attached hydrogen (secondary N) is 2. The summed E-state index contributed by atoms with van der Waals surface area (Å²) in [6.45, 7) is 6.95. The van der Waals surface area contributed by atoms with E-state index in [1.807, 2.05) is 20.8 Å². The Kier molecular flexibility index (Phi) is 6.30. The summed E-state index contributed by atoms with van der Waals surface area (Å²) in [6.07, 6.45) is 4.11. The number of carbonyl (C=O) groups is 2. The molecule has 154 valence electrons. The number of hydrogen-bond acceptors (Lipinski definition) is 3. The predicted molar refractivity (Wildman–Crippen MR) is 108 cm³/mol. The number of fused-ring (bicyclic) bond motifs is 2. The second kappa shape index (κ2) is 8.37. The Bertz CT molecular complexity index is 715. The van der Waals surface area contributed by atoms with E-state index in [1.54, 1.807) is 0 Å². The molecule has 2 fully saturated rings. The van der Waals surface area contributed by atoms with Gasteiger partial charge in [-0.2, -0.15) is 0 Å². The lowest BCUT2D eigenvalue weighted by Crippen LogP contribution is -2.52. The molecule has 2 N–H and O–H groups in total. The number of rotatable bonds is 5. The van der Waals surface area contributed by atoms with Crippen LogP contribution in [0.3, 0.4) is 0 Å². The van der Waals surface area contributed by atoms with Crippen molar-refractivity contribution in [3.8, 4) is 0 Å². The van der Waals surface area contributed by atoms with Crippen LogP contribution in [0.4, 0.5) is 4.39 Å². The van der Waals surface area contributed by atoms with Gasteiger partial charge in [0.05, 0.1) is 6.54 Å². The highest BCUT2D eigenvalue weighted by atomic mass is 35.5. The number of benzene rings is 1. The summed E-state index contributed by atoms with van der Waals surface area (Å²) < 4.78 is 13.4. The van der Waals surface area contributed by atoms with Crippen molar-refractivity contribution in [1.29, 1.82) is 0 Å². The van der Waals surface area contributed by atoms with Crippen molar-refractivity contribution >= 4 is 23.4 Å². The van der Waals surface area contributed by atoms with E-state index in [9.17, 15) is 14.0 Å². The van der Waals surface area contributed by atoms with E-state index >= 15 is 0 Å². The summed E-state index contributed by atoms with van der Waals surface area (Å²) in [5.74, 6) is -0.384. The van der Waals surface area contributed by atoms with Crippen LogP contribution in [0.1, 0.15) is 56.8 Å². The van der Waals surface area contributed by atoms with E-state index in [0.29, 0.717) is 31.1 Å². The molecule has 0 saturated carbocycles. The highest BCUT2D eigenvalue weighted by Crippen LogP contribution is 2.38. The fourth-order valence-corrected chi connectivity index (χ4v) is 4.68.